The van der Waals surface area contributed by atoms with E-state index in [1.807, 2.05) is 24.3 Å². The molecule has 1 heterocycles. The molecule has 1 aromatic carbocycles. The smallest absolute Gasteiger partial charge is 0.209 e. The molecule has 0 spiro atoms. The second-order valence-electron chi connectivity index (χ2n) is 4.25. The summed E-state index contributed by atoms with van der Waals surface area (Å²) >= 11 is 1.45. The van der Waals surface area contributed by atoms with Crippen LogP contribution in [0.3, 0.4) is 0 Å². The summed E-state index contributed by atoms with van der Waals surface area (Å²) in [6.07, 6.45) is 1.78. The van der Waals surface area contributed by atoms with E-state index in [2.05, 4.69) is 15.5 Å². The van der Waals surface area contributed by atoms with Crippen LogP contribution in [0, 0.1) is 0 Å². The van der Waals surface area contributed by atoms with Crippen molar-refractivity contribution in [1.29, 1.82) is 0 Å². The second kappa shape index (κ2) is 4.53. The molecule has 1 aliphatic rings. The number of hydrogen-bond donors (Lipinski definition) is 0. The van der Waals surface area contributed by atoms with Crippen LogP contribution in [-0.2, 0) is 13.5 Å². The Hall–Kier alpha value is -1.69. The Morgan fingerprint density at radius 3 is 3.00 bits per heavy atom. The van der Waals surface area contributed by atoms with Gasteiger partial charge in [0.15, 0.2) is 5.78 Å². The van der Waals surface area contributed by atoms with Gasteiger partial charge in [0.2, 0.25) is 5.16 Å². The summed E-state index contributed by atoms with van der Waals surface area (Å²) in [5.41, 5.74) is 1.99. The Morgan fingerprint density at radius 2 is 2.22 bits per heavy atom. The van der Waals surface area contributed by atoms with E-state index in [4.69, 9.17) is 0 Å². The number of aromatic nitrogens is 4. The van der Waals surface area contributed by atoms with Gasteiger partial charge in [-0.05, 0) is 28.8 Å². The van der Waals surface area contributed by atoms with Crippen molar-refractivity contribution >= 4 is 17.5 Å². The maximum atomic E-state index is 12.4. The van der Waals surface area contributed by atoms with E-state index in [0.717, 1.165) is 24.0 Å². The summed E-state index contributed by atoms with van der Waals surface area (Å²) in [5.74, 6) is 0.185. The highest BCUT2D eigenvalue weighted by Crippen LogP contribution is 2.31. The largest absolute Gasteiger partial charge is 0.293 e. The predicted molar refractivity (Wildman–Crippen MR) is 67.5 cm³/mol. The van der Waals surface area contributed by atoms with Gasteiger partial charge in [-0.3, -0.25) is 4.79 Å². The highest BCUT2D eigenvalue weighted by atomic mass is 32.2. The van der Waals surface area contributed by atoms with Crippen molar-refractivity contribution in [2.75, 3.05) is 0 Å². The normalized spacial score (nSPS) is 18.7. The summed E-state index contributed by atoms with van der Waals surface area (Å²) in [7, 11) is 1.78. The molecular weight excluding hydrogens is 248 g/mol. The van der Waals surface area contributed by atoms with Gasteiger partial charge in [-0.1, -0.05) is 36.0 Å². The van der Waals surface area contributed by atoms with E-state index in [1.54, 1.807) is 11.7 Å². The van der Waals surface area contributed by atoms with Crippen LogP contribution in [0.5, 0.6) is 0 Å². The molecule has 0 bridgehead atoms. The van der Waals surface area contributed by atoms with Crippen LogP contribution in [0.25, 0.3) is 0 Å². The van der Waals surface area contributed by atoms with Crippen LogP contribution in [-0.4, -0.2) is 31.2 Å². The third kappa shape index (κ3) is 1.92. The number of aryl methyl sites for hydroxylation is 2. The first-order valence-electron chi connectivity index (χ1n) is 5.77. The van der Waals surface area contributed by atoms with Gasteiger partial charge in [0.25, 0.3) is 0 Å². The van der Waals surface area contributed by atoms with Crippen LogP contribution < -0.4 is 0 Å². The Balaban J connectivity index is 1.85. The van der Waals surface area contributed by atoms with Crippen LogP contribution >= 0.6 is 11.8 Å². The minimum Gasteiger partial charge on any atom is -0.293 e. The fourth-order valence-electron chi connectivity index (χ4n) is 2.13. The molecule has 6 heteroatoms. The summed E-state index contributed by atoms with van der Waals surface area (Å²) in [5, 5.41) is 11.9. The molecule has 1 aromatic heterocycles. The van der Waals surface area contributed by atoms with Crippen molar-refractivity contribution in [3.05, 3.63) is 35.4 Å². The second-order valence-corrected chi connectivity index (χ2v) is 5.42. The van der Waals surface area contributed by atoms with E-state index < -0.39 is 0 Å². The molecule has 2 aromatic rings. The van der Waals surface area contributed by atoms with Gasteiger partial charge in [-0.15, -0.1) is 5.10 Å². The number of tetrazole rings is 1. The molecule has 0 amide bonds. The molecule has 0 saturated carbocycles. The average molecular weight is 260 g/mol. The molecule has 0 N–H and O–H groups in total. The van der Waals surface area contributed by atoms with Gasteiger partial charge in [0, 0.05) is 12.6 Å². The zero-order chi connectivity index (χ0) is 12.5. The third-order valence-corrected chi connectivity index (χ3v) is 4.37. The molecule has 0 saturated heterocycles. The van der Waals surface area contributed by atoms with Crippen molar-refractivity contribution in [3.8, 4) is 0 Å². The molecule has 3 rings (SSSR count). The fraction of sp³-hybridized carbons (Fsp3) is 0.333. The van der Waals surface area contributed by atoms with Gasteiger partial charge in [0.05, 0.1) is 5.25 Å². The maximum Gasteiger partial charge on any atom is 0.209 e. The average Bonchev–Trinajstić information content (AvgIpc) is 2.79. The Morgan fingerprint density at radius 1 is 1.39 bits per heavy atom. The van der Waals surface area contributed by atoms with Gasteiger partial charge in [-0.2, -0.15) is 0 Å². The van der Waals surface area contributed by atoms with Crippen molar-refractivity contribution in [3.63, 3.8) is 0 Å². The van der Waals surface area contributed by atoms with E-state index in [9.17, 15) is 4.79 Å². The molecule has 0 unspecified atom stereocenters. The highest BCUT2D eigenvalue weighted by Gasteiger charge is 2.29. The quantitative estimate of drug-likeness (QED) is 0.819. The molecule has 1 atom stereocenters. The van der Waals surface area contributed by atoms with Gasteiger partial charge >= 0.3 is 0 Å². The fourth-order valence-corrected chi connectivity index (χ4v) is 3.13. The number of ketones is 1. The van der Waals surface area contributed by atoms with E-state index in [1.165, 1.54) is 11.8 Å². The molecular formula is C12H12N4OS. The standard InChI is InChI=1S/C12H12N4OS/c1-16-12(13-14-15-16)18-10-7-6-8-4-2-3-5-9(8)11(10)17/h2-5,10H,6-7H2,1H3/t10-/m1/s1. The van der Waals surface area contributed by atoms with Crippen LogP contribution in [0.15, 0.2) is 29.4 Å². The number of benzene rings is 1. The lowest BCUT2D eigenvalue weighted by molar-refractivity contribution is 0.0979. The van der Waals surface area contributed by atoms with Crippen LogP contribution in [0.4, 0.5) is 0 Å². The lowest BCUT2D eigenvalue weighted by Crippen LogP contribution is -2.25. The Kier molecular flexibility index (Phi) is 2.87. The molecule has 5 nitrogen and oxygen atoms in total. The first-order chi connectivity index (χ1) is 8.75. The summed E-state index contributed by atoms with van der Waals surface area (Å²) in [6.45, 7) is 0. The van der Waals surface area contributed by atoms with Crippen molar-refractivity contribution in [1.82, 2.24) is 20.2 Å². The number of carbonyl (C=O) groups excluding carboxylic acids is 1. The minimum absolute atomic E-state index is 0.0791. The number of rotatable bonds is 2. The number of Topliss-reactive ketones (excluding diaryl/α,β-unsaturated/α-hetero) is 1. The molecule has 92 valence electrons. The number of nitrogens with zero attached hydrogens (tertiary/aromatic N) is 4. The SMILES string of the molecule is Cn1nnnc1S[C@@H]1CCc2ccccc2C1=O. The zero-order valence-electron chi connectivity index (χ0n) is 9.91. The maximum absolute atomic E-state index is 12.4. The lowest BCUT2D eigenvalue weighted by Gasteiger charge is -2.21. The first kappa shape index (κ1) is 11.4. The van der Waals surface area contributed by atoms with Gasteiger partial charge in [-0.25, -0.2) is 4.68 Å². The van der Waals surface area contributed by atoms with Crippen molar-refractivity contribution in [2.24, 2.45) is 7.05 Å². The summed E-state index contributed by atoms with van der Waals surface area (Å²) in [6, 6.07) is 7.82. The first-order valence-corrected chi connectivity index (χ1v) is 6.65. The predicted octanol–water partition coefficient (Wildman–Crippen LogP) is 1.50. The Labute approximate surface area is 109 Å². The highest BCUT2D eigenvalue weighted by molar-refractivity contribution is 8.00. The molecule has 0 fully saturated rings. The lowest BCUT2D eigenvalue weighted by atomic mass is 9.90. The number of fused-ring (bicyclic) bond motifs is 1. The van der Waals surface area contributed by atoms with Crippen molar-refractivity contribution in [2.45, 2.75) is 23.2 Å². The monoisotopic (exact) mass is 260 g/mol. The molecule has 1 aliphatic carbocycles. The van der Waals surface area contributed by atoms with E-state index in [-0.39, 0.29) is 11.0 Å². The molecule has 18 heavy (non-hydrogen) atoms. The summed E-state index contributed by atoms with van der Waals surface area (Å²) < 4.78 is 1.60. The number of carbonyl (C=O) groups is 1. The van der Waals surface area contributed by atoms with Gasteiger partial charge in [0.1, 0.15) is 0 Å². The Bertz CT molecular complexity index is 595. The number of hydrogen-bond acceptors (Lipinski definition) is 5. The van der Waals surface area contributed by atoms with E-state index in [0.29, 0.717) is 5.16 Å². The minimum atomic E-state index is -0.0791. The number of thioether (sulfide) groups is 1. The zero-order valence-corrected chi connectivity index (χ0v) is 10.7. The van der Waals surface area contributed by atoms with Gasteiger partial charge < -0.3 is 0 Å². The van der Waals surface area contributed by atoms with E-state index >= 15 is 0 Å². The molecule has 0 radical (unpaired) electrons. The summed E-state index contributed by atoms with van der Waals surface area (Å²) in [4.78, 5) is 12.4. The third-order valence-electron chi connectivity index (χ3n) is 3.08. The topological polar surface area (TPSA) is 60.7 Å². The molecule has 0 aliphatic heterocycles. The van der Waals surface area contributed by atoms with Crippen LogP contribution in [0.1, 0.15) is 22.3 Å². The van der Waals surface area contributed by atoms with Crippen LogP contribution in [0.2, 0.25) is 0 Å². The van der Waals surface area contributed by atoms with Crippen molar-refractivity contribution < 1.29 is 4.79 Å².